The van der Waals surface area contributed by atoms with Crippen molar-refractivity contribution in [3.8, 4) is 0 Å². The Labute approximate surface area is 61.4 Å². The van der Waals surface area contributed by atoms with Gasteiger partial charge in [0.05, 0.1) is 12.8 Å². The second-order valence-corrected chi connectivity index (χ2v) is 2.76. The van der Waals surface area contributed by atoms with E-state index >= 15 is 0 Å². The molecule has 2 heteroatoms. The van der Waals surface area contributed by atoms with Crippen molar-refractivity contribution in [3.05, 3.63) is 23.7 Å². The van der Waals surface area contributed by atoms with Crippen LogP contribution in [-0.2, 0) is 6.54 Å². The summed E-state index contributed by atoms with van der Waals surface area (Å²) in [5.74, 6) is 1.06. The first-order valence-electron chi connectivity index (χ1n) is 3.38. The molecule has 0 aromatic carbocycles. The molecule has 1 aromatic heterocycles. The van der Waals surface area contributed by atoms with E-state index in [1.807, 2.05) is 20.2 Å². The molecule has 0 saturated carbocycles. The van der Waals surface area contributed by atoms with E-state index in [0.717, 1.165) is 12.3 Å². The molecule has 0 atom stereocenters. The fourth-order valence-corrected chi connectivity index (χ4v) is 0.853. The third kappa shape index (κ3) is 1.61. The zero-order chi connectivity index (χ0) is 7.56. The second kappa shape index (κ2) is 2.88. The summed E-state index contributed by atoms with van der Waals surface area (Å²) >= 11 is 0. The highest BCUT2D eigenvalue weighted by atomic mass is 16.3. The van der Waals surface area contributed by atoms with E-state index in [1.54, 1.807) is 6.26 Å². The highest BCUT2D eigenvalue weighted by molar-refractivity contribution is 5.13. The van der Waals surface area contributed by atoms with Gasteiger partial charge >= 0.3 is 0 Å². The Morgan fingerprint density at radius 3 is 2.60 bits per heavy atom. The van der Waals surface area contributed by atoms with E-state index in [2.05, 4.69) is 11.8 Å². The number of aryl methyl sites for hydroxylation is 1. The lowest BCUT2D eigenvalue weighted by molar-refractivity contribution is 0.349. The van der Waals surface area contributed by atoms with Crippen LogP contribution in [0, 0.1) is 6.92 Å². The van der Waals surface area contributed by atoms with Gasteiger partial charge in [0.25, 0.3) is 0 Å². The van der Waals surface area contributed by atoms with Crippen LogP contribution in [0.2, 0.25) is 0 Å². The average Bonchev–Trinajstić information content (AvgIpc) is 2.15. The van der Waals surface area contributed by atoms with Crippen LogP contribution in [-0.4, -0.2) is 19.0 Å². The van der Waals surface area contributed by atoms with Gasteiger partial charge < -0.3 is 9.32 Å². The summed E-state index contributed by atoms with van der Waals surface area (Å²) < 4.78 is 5.23. The van der Waals surface area contributed by atoms with Gasteiger partial charge in [-0.2, -0.15) is 0 Å². The van der Waals surface area contributed by atoms with Gasteiger partial charge in [-0.05, 0) is 32.6 Å². The van der Waals surface area contributed by atoms with E-state index in [4.69, 9.17) is 4.42 Å². The van der Waals surface area contributed by atoms with E-state index in [9.17, 15) is 0 Å². The summed E-state index contributed by atoms with van der Waals surface area (Å²) in [4.78, 5) is 2.09. The molecule has 0 amide bonds. The summed E-state index contributed by atoms with van der Waals surface area (Å²) in [6.07, 6.45) is 1.73. The van der Waals surface area contributed by atoms with Crippen molar-refractivity contribution in [2.45, 2.75) is 13.5 Å². The fraction of sp³-hybridized carbons (Fsp3) is 0.500. The number of rotatable bonds is 2. The Kier molecular flexibility index (Phi) is 2.12. The molecular weight excluding hydrogens is 126 g/mol. The van der Waals surface area contributed by atoms with Gasteiger partial charge in [-0.15, -0.1) is 0 Å². The lowest BCUT2D eigenvalue weighted by atomic mass is 10.3. The largest absolute Gasteiger partial charge is 0.468 e. The molecule has 10 heavy (non-hydrogen) atoms. The standard InChI is InChI=1S/C8H13NO/c1-7-4-5-10-8(7)6-9(2)3/h4-5H,6H2,1-3H3. The Bertz CT molecular complexity index is 203. The molecule has 0 fully saturated rings. The third-order valence-corrected chi connectivity index (χ3v) is 1.43. The van der Waals surface area contributed by atoms with Crippen molar-refractivity contribution in [2.24, 2.45) is 0 Å². The molecule has 1 rings (SSSR count). The van der Waals surface area contributed by atoms with Crippen LogP contribution in [0.5, 0.6) is 0 Å². The monoisotopic (exact) mass is 139 g/mol. The predicted molar refractivity (Wildman–Crippen MR) is 40.8 cm³/mol. The normalized spacial score (nSPS) is 10.8. The van der Waals surface area contributed by atoms with Crippen molar-refractivity contribution in [1.82, 2.24) is 4.90 Å². The summed E-state index contributed by atoms with van der Waals surface area (Å²) in [6, 6.07) is 1.98. The van der Waals surface area contributed by atoms with Crippen LogP contribution in [0.1, 0.15) is 11.3 Å². The SMILES string of the molecule is Cc1ccoc1CN(C)C. The van der Waals surface area contributed by atoms with Gasteiger partial charge in [-0.3, -0.25) is 0 Å². The summed E-state index contributed by atoms with van der Waals surface area (Å²) in [6.45, 7) is 2.95. The molecular formula is C8H13NO. The predicted octanol–water partition coefficient (Wildman–Crippen LogP) is 1.65. The third-order valence-electron chi connectivity index (χ3n) is 1.43. The van der Waals surface area contributed by atoms with Crippen LogP contribution in [0.4, 0.5) is 0 Å². The van der Waals surface area contributed by atoms with E-state index in [0.29, 0.717) is 0 Å². The number of hydrogen-bond donors (Lipinski definition) is 0. The highest BCUT2D eigenvalue weighted by Gasteiger charge is 2.01. The van der Waals surface area contributed by atoms with Crippen molar-refractivity contribution >= 4 is 0 Å². The van der Waals surface area contributed by atoms with Gasteiger partial charge in [-0.1, -0.05) is 0 Å². The summed E-state index contributed by atoms with van der Waals surface area (Å²) in [5.41, 5.74) is 1.23. The quantitative estimate of drug-likeness (QED) is 0.619. The van der Waals surface area contributed by atoms with Crippen LogP contribution in [0.25, 0.3) is 0 Å². The molecule has 0 saturated heterocycles. The second-order valence-electron chi connectivity index (χ2n) is 2.76. The molecule has 0 unspecified atom stereocenters. The lowest BCUT2D eigenvalue weighted by Gasteiger charge is -2.06. The Morgan fingerprint density at radius 1 is 1.50 bits per heavy atom. The first kappa shape index (κ1) is 7.35. The molecule has 0 N–H and O–H groups in total. The Balaban J connectivity index is 2.65. The van der Waals surface area contributed by atoms with Crippen molar-refractivity contribution in [1.29, 1.82) is 0 Å². The van der Waals surface area contributed by atoms with Gasteiger partial charge in [0, 0.05) is 0 Å². The molecule has 2 nitrogen and oxygen atoms in total. The van der Waals surface area contributed by atoms with Crippen LogP contribution in [0.15, 0.2) is 16.7 Å². The molecule has 0 aliphatic heterocycles. The number of furan rings is 1. The molecule has 0 bridgehead atoms. The van der Waals surface area contributed by atoms with Gasteiger partial charge in [0.2, 0.25) is 0 Å². The maximum Gasteiger partial charge on any atom is 0.120 e. The van der Waals surface area contributed by atoms with E-state index < -0.39 is 0 Å². The summed E-state index contributed by atoms with van der Waals surface area (Å²) in [5, 5.41) is 0. The van der Waals surface area contributed by atoms with Crippen molar-refractivity contribution < 1.29 is 4.42 Å². The zero-order valence-electron chi connectivity index (χ0n) is 6.72. The molecule has 1 heterocycles. The molecule has 56 valence electrons. The van der Waals surface area contributed by atoms with Gasteiger partial charge in [-0.25, -0.2) is 0 Å². The Morgan fingerprint density at radius 2 is 2.20 bits per heavy atom. The van der Waals surface area contributed by atoms with Crippen molar-refractivity contribution in [2.75, 3.05) is 14.1 Å². The highest BCUT2D eigenvalue weighted by Crippen LogP contribution is 2.09. The number of hydrogen-bond acceptors (Lipinski definition) is 2. The topological polar surface area (TPSA) is 16.4 Å². The van der Waals surface area contributed by atoms with Crippen LogP contribution >= 0.6 is 0 Å². The maximum atomic E-state index is 5.23. The minimum Gasteiger partial charge on any atom is -0.468 e. The lowest BCUT2D eigenvalue weighted by Crippen LogP contribution is -2.10. The first-order chi connectivity index (χ1) is 4.70. The minimum atomic E-state index is 0.888. The zero-order valence-corrected chi connectivity index (χ0v) is 6.72. The first-order valence-corrected chi connectivity index (χ1v) is 3.38. The Hall–Kier alpha value is -0.760. The molecule has 0 radical (unpaired) electrons. The maximum absolute atomic E-state index is 5.23. The number of nitrogens with zero attached hydrogens (tertiary/aromatic N) is 1. The molecule has 0 aliphatic rings. The van der Waals surface area contributed by atoms with Crippen molar-refractivity contribution in [3.63, 3.8) is 0 Å². The van der Waals surface area contributed by atoms with Crippen LogP contribution < -0.4 is 0 Å². The molecule has 1 aromatic rings. The smallest absolute Gasteiger partial charge is 0.120 e. The molecule has 0 spiro atoms. The van der Waals surface area contributed by atoms with Gasteiger partial charge in [0.1, 0.15) is 5.76 Å². The summed E-state index contributed by atoms with van der Waals surface area (Å²) in [7, 11) is 4.06. The average molecular weight is 139 g/mol. The fourth-order valence-electron chi connectivity index (χ4n) is 0.853. The van der Waals surface area contributed by atoms with E-state index in [-0.39, 0.29) is 0 Å². The van der Waals surface area contributed by atoms with E-state index in [1.165, 1.54) is 5.56 Å². The molecule has 0 aliphatic carbocycles. The van der Waals surface area contributed by atoms with Crippen LogP contribution in [0.3, 0.4) is 0 Å². The minimum absolute atomic E-state index is 0.888. The van der Waals surface area contributed by atoms with Gasteiger partial charge in [0.15, 0.2) is 0 Å².